The van der Waals surface area contributed by atoms with Gasteiger partial charge in [0.1, 0.15) is 42.0 Å². The van der Waals surface area contributed by atoms with E-state index in [9.17, 15) is 48.3 Å². The number of nitrogens with zero attached hydrogens (tertiary/aromatic N) is 2. The normalized spacial score (nSPS) is 35.3. The zero-order chi connectivity index (χ0) is 47.4. The SMILES string of the molecule is CC(=O)OC[C@]12[C@H](OC(C)=O)[C@H](OC(C)=O)C3[C@@H](OC(C)=O)[C@@]14O[C@@]3(C)COC(=O)c1cccnc1C(C)C(C)C(=O)O[C@@H]([C@H](OC(=O)c1ccc(=O)n(C)c1)[C@@H]2OC(C)=O)[C@]4(C)O. The molecule has 21 heteroatoms. The van der Waals surface area contributed by atoms with Crippen LogP contribution in [-0.2, 0) is 78.4 Å². The van der Waals surface area contributed by atoms with Crippen LogP contribution in [0.15, 0.2) is 41.5 Å². The monoisotopic (exact) mass is 898 g/mol. The van der Waals surface area contributed by atoms with Gasteiger partial charge in [0, 0.05) is 66.0 Å². The summed E-state index contributed by atoms with van der Waals surface area (Å²) in [5.41, 5.74) is -11.3. The first-order valence-corrected chi connectivity index (χ1v) is 20.3. The minimum absolute atomic E-state index is 0.0734. The molecule has 1 N–H and O–H groups in total. The third kappa shape index (κ3) is 7.66. The van der Waals surface area contributed by atoms with E-state index in [1.165, 1.54) is 39.2 Å². The average Bonchev–Trinajstić information content (AvgIpc) is 3.42. The summed E-state index contributed by atoms with van der Waals surface area (Å²) in [6.45, 7) is 8.38. The molecule has 4 aliphatic rings. The fourth-order valence-electron chi connectivity index (χ4n) is 9.96. The predicted molar refractivity (Wildman–Crippen MR) is 210 cm³/mol. The summed E-state index contributed by atoms with van der Waals surface area (Å²) < 4.78 is 56.3. The molecule has 4 bridgehead atoms. The van der Waals surface area contributed by atoms with Crippen LogP contribution in [-0.4, -0.2) is 129 Å². The Hall–Kier alpha value is -6.22. The fourth-order valence-corrected chi connectivity index (χ4v) is 9.96. The van der Waals surface area contributed by atoms with Crippen molar-refractivity contribution < 1.29 is 86.1 Å². The number of aromatic nitrogens is 2. The van der Waals surface area contributed by atoms with E-state index in [0.717, 1.165) is 64.4 Å². The summed E-state index contributed by atoms with van der Waals surface area (Å²) in [7, 11) is 1.34. The van der Waals surface area contributed by atoms with Crippen molar-refractivity contribution in [3.63, 3.8) is 0 Å². The van der Waals surface area contributed by atoms with E-state index < -0.39 is 143 Å². The lowest BCUT2D eigenvalue weighted by molar-refractivity contribution is -0.386. The second kappa shape index (κ2) is 17.1. The van der Waals surface area contributed by atoms with Crippen molar-refractivity contribution in [1.29, 1.82) is 0 Å². The Morgan fingerprint density at radius 3 is 1.97 bits per heavy atom. The molecule has 6 rings (SSSR count). The van der Waals surface area contributed by atoms with Crippen molar-refractivity contribution in [2.45, 2.75) is 122 Å². The number of hydrogen-bond acceptors (Lipinski definition) is 20. The van der Waals surface area contributed by atoms with Crippen molar-refractivity contribution in [2.24, 2.45) is 24.3 Å². The lowest BCUT2D eigenvalue weighted by Gasteiger charge is -2.67. The van der Waals surface area contributed by atoms with Gasteiger partial charge >= 0.3 is 47.8 Å². The van der Waals surface area contributed by atoms with Gasteiger partial charge in [0.15, 0.2) is 30.0 Å². The van der Waals surface area contributed by atoms with Crippen molar-refractivity contribution in [3.8, 4) is 0 Å². The quantitative estimate of drug-likeness (QED) is 0.286. The van der Waals surface area contributed by atoms with Gasteiger partial charge in [-0.2, -0.15) is 0 Å². The van der Waals surface area contributed by atoms with Gasteiger partial charge < -0.3 is 52.3 Å². The first-order valence-electron chi connectivity index (χ1n) is 20.3. The van der Waals surface area contributed by atoms with Crippen LogP contribution in [0.4, 0.5) is 0 Å². The van der Waals surface area contributed by atoms with Crippen LogP contribution in [0.1, 0.15) is 94.6 Å². The fraction of sp³-hybridized carbons (Fsp3) is 0.581. The third-order valence-electron chi connectivity index (χ3n) is 12.7. The summed E-state index contributed by atoms with van der Waals surface area (Å²) in [6.07, 6.45) is -10.1. The van der Waals surface area contributed by atoms with E-state index in [4.69, 9.17) is 42.6 Å². The lowest BCUT2D eigenvalue weighted by Crippen LogP contribution is -2.89. The number of rotatable bonds is 8. The molecule has 2 aliphatic heterocycles. The van der Waals surface area contributed by atoms with Gasteiger partial charge in [-0.05, 0) is 32.0 Å². The summed E-state index contributed by atoms with van der Waals surface area (Å²) >= 11 is 0. The number of carbonyl (C=O) groups excluding carboxylic acids is 8. The maximum Gasteiger partial charge on any atom is 0.340 e. The molecule has 2 saturated carbocycles. The maximum absolute atomic E-state index is 14.7. The molecule has 1 spiro atoms. The first kappa shape index (κ1) is 47.3. The smallest absolute Gasteiger partial charge is 0.340 e. The summed E-state index contributed by atoms with van der Waals surface area (Å²) in [5, 5.41) is 13.7. The van der Waals surface area contributed by atoms with E-state index >= 15 is 0 Å². The Morgan fingerprint density at radius 1 is 0.797 bits per heavy atom. The Labute approximate surface area is 365 Å². The highest BCUT2D eigenvalue weighted by Crippen LogP contribution is 2.70. The lowest BCUT2D eigenvalue weighted by atomic mass is 9.45. The predicted octanol–water partition coefficient (Wildman–Crippen LogP) is 1.03. The molecule has 0 amide bonds. The van der Waals surface area contributed by atoms with Gasteiger partial charge in [0.25, 0.3) is 0 Å². The van der Waals surface area contributed by atoms with Crippen molar-refractivity contribution in [2.75, 3.05) is 13.2 Å². The minimum Gasteiger partial charge on any atom is -0.465 e. The van der Waals surface area contributed by atoms with Crippen LogP contribution < -0.4 is 5.56 Å². The Morgan fingerprint density at radius 2 is 1.39 bits per heavy atom. The molecule has 1 saturated heterocycles. The summed E-state index contributed by atoms with van der Waals surface area (Å²) in [5.74, 6) is -12.3. The van der Waals surface area contributed by atoms with Gasteiger partial charge in [-0.3, -0.25) is 38.5 Å². The van der Waals surface area contributed by atoms with Gasteiger partial charge in [-0.15, -0.1) is 0 Å². The molecular formula is C43H50N2O19. The number of aliphatic hydroxyl groups is 1. The van der Waals surface area contributed by atoms with Gasteiger partial charge in [0.05, 0.1) is 28.7 Å². The van der Waals surface area contributed by atoms with Crippen LogP contribution in [0.3, 0.4) is 0 Å². The molecule has 4 heterocycles. The molecule has 3 unspecified atom stereocenters. The van der Waals surface area contributed by atoms with E-state index in [0.29, 0.717) is 0 Å². The number of pyridine rings is 2. The number of cyclic esters (lactones) is 1. The van der Waals surface area contributed by atoms with Crippen LogP contribution in [0.25, 0.3) is 0 Å². The highest BCUT2D eigenvalue weighted by Gasteiger charge is 2.92. The van der Waals surface area contributed by atoms with Crippen molar-refractivity contribution in [1.82, 2.24) is 9.55 Å². The summed E-state index contributed by atoms with van der Waals surface area (Å²) in [4.78, 5) is 127. The molecule has 21 nitrogen and oxygen atoms in total. The Bertz CT molecular complexity index is 2340. The van der Waals surface area contributed by atoms with Gasteiger partial charge in [0.2, 0.25) is 5.56 Å². The number of hydrogen-bond donors (Lipinski definition) is 1. The highest BCUT2D eigenvalue weighted by molar-refractivity contribution is 5.91. The second-order valence-electron chi connectivity index (χ2n) is 17.0. The number of fused-ring (bicyclic) bond motifs is 5. The van der Waals surface area contributed by atoms with Crippen LogP contribution in [0, 0.1) is 17.3 Å². The zero-order valence-corrected chi connectivity index (χ0v) is 36.8. The van der Waals surface area contributed by atoms with Crippen LogP contribution in [0.5, 0.6) is 0 Å². The average molecular weight is 899 g/mol. The molecule has 2 aliphatic carbocycles. The van der Waals surface area contributed by atoms with Crippen molar-refractivity contribution >= 4 is 47.8 Å². The van der Waals surface area contributed by atoms with E-state index in [2.05, 4.69) is 4.98 Å². The molecule has 2 aromatic heterocycles. The number of ether oxygens (including phenoxy) is 9. The zero-order valence-electron chi connectivity index (χ0n) is 36.8. The molecule has 0 radical (unpaired) electrons. The van der Waals surface area contributed by atoms with Crippen LogP contribution >= 0.6 is 0 Å². The minimum atomic E-state index is -2.93. The molecule has 3 fully saturated rings. The molecule has 2 aromatic rings. The van der Waals surface area contributed by atoms with E-state index in [-0.39, 0.29) is 16.8 Å². The van der Waals surface area contributed by atoms with Gasteiger partial charge in [-0.1, -0.05) is 13.8 Å². The first-order chi connectivity index (χ1) is 29.8. The second-order valence-corrected chi connectivity index (χ2v) is 17.0. The van der Waals surface area contributed by atoms with Gasteiger partial charge in [-0.25, -0.2) is 9.59 Å². The molecule has 0 aromatic carbocycles. The largest absolute Gasteiger partial charge is 0.465 e. The maximum atomic E-state index is 14.7. The van der Waals surface area contributed by atoms with E-state index in [1.807, 2.05) is 0 Å². The summed E-state index contributed by atoms with van der Waals surface area (Å²) in [6, 6.07) is 5.03. The molecule has 346 valence electrons. The standard InChI is InChI=1S/C43H50N2O19/c1-19-20(2)37(52)63-34-32(62-38(53)26-13-14-28(51)45(10)16-26)36(61-25(7)50)42(18-56-21(3)46)35(60-24(6)49)31(58-22(4)47)29-33(59-23(5)48)43(42,41(34,9)55)64-40(29,8)17-57-39(54)27-12-11-15-44-30(19)27/h11-16,19-20,29,31-36,55H,17-18H2,1-10H3/t19?,20?,29?,31-,32+,33-,34+,35-,36+,40+,41+,42-,43+/m1/s1. The molecule has 13 atom stereocenters. The topological polar surface area (TPSA) is 275 Å². The molecular weight excluding hydrogens is 848 g/mol. The Balaban J connectivity index is 1.80. The Kier molecular flexibility index (Phi) is 12.6. The van der Waals surface area contributed by atoms with E-state index in [1.54, 1.807) is 6.92 Å². The molecule has 64 heavy (non-hydrogen) atoms. The number of carbonyl (C=O) groups is 8. The van der Waals surface area contributed by atoms with Crippen molar-refractivity contribution in [3.05, 3.63) is 63.8 Å². The highest BCUT2D eigenvalue weighted by atomic mass is 16.7. The van der Waals surface area contributed by atoms with Crippen LogP contribution in [0.2, 0.25) is 0 Å². The number of esters is 8. The number of aryl methyl sites for hydroxylation is 1. The third-order valence-corrected chi connectivity index (χ3v) is 12.7.